The second-order valence-corrected chi connectivity index (χ2v) is 9.08. The number of anilines is 2. The van der Waals surface area contributed by atoms with Gasteiger partial charge in [-0.05, 0) is 67.8 Å². The number of benzene rings is 1. The third-order valence-electron chi connectivity index (χ3n) is 3.06. The molecule has 9 nitrogen and oxygen atoms in total. The Bertz CT molecular complexity index is 818. The molecule has 0 saturated heterocycles. The molecule has 0 radical (unpaired) electrons. The van der Waals surface area contributed by atoms with Crippen LogP contribution in [-0.4, -0.2) is 48.1 Å². The standard InChI is InChI=1S/C16H14BrI3N2O7/c1-6(23)28-4-9(26)21-15-12(18)11(8(25)3-17)13(19)16(14(15)20)22-10(27)5-29-7(2)24/h3-5H2,1-2H3,(H,21,26)(H,22,27). The Morgan fingerprint density at radius 3 is 1.48 bits per heavy atom. The van der Waals surface area contributed by atoms with E-state index >= 15 is 0 Å². The van der Waals surface area contributed by atoms with Crippen LogP contribution in [0.4, 0.5) is 11.4 Å². The first-order valence-electron chi connectivity index (χ1n) is 7.65. The molecular weight excluding hydrogens is 793 g/mol. The third kappa shape index (κ3) is 7.89. The Hall–Kier alpha value is -0.560. The molecule has 0 aromatic heterocycles. The fourth-order valence-corrected chi connectivity index (χ4v) is 6.47. The molecule has 0 atom stereocenters. The van der Waals surface area contributed by atoms with Crippen molar-refractivity contribution in [3.05, 3.63) is 16.3 Å². The second kappa shape index (κ2) is 12.3. The van der Waals surface area contributed by atoms with Gasteiger partial charge in [-0.3, -0.25) is 24.0 Å². The molecule has 0 heterocycles. The van der Waals surface area contributed by atoms with E-state index in [1.807, 2.05) is 67.8 Å². The lowest BCUT2D eigenvalue weighted by Gasteiger charge is -2.19. The van der Waals surface area contributed by atoms with Gasteiger partial charge in [0.1, 0.15) is 0 Å². The molecule has 0 aliphatic rings. The normalized spacial score (nSPS) is 10.1. The van der Waals surface area contributed by atoms with Crippen molar-refractivity contribution in [1.29, 1.82) is 0 Å². The molecular formula is C16H14BrI3N2O7. The van der Waals surface area contributed by atoms with E-state index in [1.165, 1.54) is 13.8 Å². The Morgan fingerprint density at radius 2 is 1.17 bits per heavy atom. The van der Waals surface area contributed by atoms with Gasteiger partial charge < -0.3 is 20.1 Å². The zero-order valence-electron chi connectivity index (χ0n) is 15.0. The van der Waals surface area contributed by atoms with E-state index in [2.05, 4.69) is 36.0 Å². The zero-order chi connectivity index (χ0) is 22.3. The minimum atomic E-state index is -0.610. The zero-order valence-corrected chi connectivity index (χ0v) is 23.0. The van der Waals surface area contributed by atoms with Crippen LogP contribution in [-0.2, 0) is 28.7 Å². The van der Waals surface area contributed by atoms with Crippen LogP contribution >= 0.6 is 83.7 Å². The molecule has 0 unspecified atom stereocenters. The van der Waals surface area contributed by atoms with Gasteiger partial charge in [0.05, 0.1) is 20.3 Å². The third-order valence-corrected chi connectivity index (χ3v) is 6.80. The van der Waals surface area contributed by atoms with Crippen molar-refractivity contribution in [2.24, 2.45) is 0 Å². The van der Waals surface area contributed by atoms with Crippen LogP contribution in [0, 0.1) is 10.7 Å². The first-order chi connectivity index (χ1) is 13.5. The van der Waals surface area contributed by atoms with Crippen LogP contribution in [0.25, 0.3) is 0 Å². The van der Waals surface area contributed by atoms with Gasteiger partial charge in [-0.1, -0.05) is 15.9 Å². The van der Waals surface area contributed by atoms with Gasteiger partial charge in [-0.2, -0.15) is 0 Å². The number of carbonyl (C=O) groups is 5. The number of carbonyl (C=O) groups excluding carboxylic acids is 5. The monoisotopic (exact) mass is 806 g/mol. The van der Waals surface area contributed by atoms with Gasteiger partial charge >= 0.3 is 11.9 Å². The maximum Gasteiger partial charge on any atom is 0.303 e. The average molecular weight is 807 g/mol. The highest BCUT2D eigenvalue weighted by molar-refractivity contribution is 14.1. The molecule has 158 valence electrons. The number of rotatable bonds is 8. The smallest absolute Gasteiger partial charge is 0.303 e. The van der Waals surface area contributed by atoms with Gasteiger partial charge in [-0.15, -0.1) is 0 Å². The van der Waals surface area contributed by atoms with Crippen molar-refractivity contribution in [3.63, 3.8) is 0 Å². The molecule has 2 amide bonds. The second-order valence-electron chi connectivity index (χ2n) is 5.28. The summed E-state index contributed by atoms with van der Waals surface area (Å²) in [6.45, 7) is 1.36. The van der Waals surface area contributed by atoms with E-state index in [-0.39, 0.29) is 22.5 Å². The summed E-state index contributed by atoms with van der Waals surface area (Å²) in [5.41, 5.74) is 0.876. The number of esters is 2. The SMILES string of the molecule is CC(=O)OCC(=O)Nc1c(I)c(NC(=O)COC(C)=O)c(I)c(C(=O)CBr)c1I. The van der Waals surface area contributed by atoms with Crippen LogP contribution in [0.5, 0.6) is 0 Å². The fourth-order valence-electron chi connectivity index (χ4n) is 1.88. The lowest BCUT2D eigenvalue weighted by Crippen LogP contribution is -2.25. The molecule has 0 spiro atoms. The largest absolute Gasteiger partial charge is 0.456 e. The molecule has 0 aliphatic heterocycles. The molecule has 13 heteroatoms. The van der Waals surface area contributed by atoms with Gasteiger partial charge in [0.25, 0.3) is 11.8 Å². The van der Waals surface area contributed by atoms with Crippen LogP contribution in [0.3, 0.4) is 0 Å². The summed E-state index contributed by atoms with van der Waals surface area (Å²) in [5.74, 6) is -2.69. The summed E-state index contributed by atoms with van der Waals surface area (Å²) in [4.78, 5) is 58.5. The van der Waals surface area contributed by atoms with Crippen molar-refractivity contribution in [2.45, 2.75) is 13.8 Å². The molecule has 29 heavy (non-hydrogen) atoms. The van der Waals surface area contributed by atoms with E-state index in [0.717, 1.165) is 0 Å². The first kappa shape index (κ1) is 26.5. The van der Waals surface area contributed by atoms with Gasteiger partial charge in [0, 0.05) is 26.6 Å². The van der Waals surface area contributed by atoms with E-state index in [0.29, 0.717) is 16.3 Å². The number of alkyl halides is 1. The van der Waals surface area contributed by atoms with Crippen molar-refractivity contribution < 1.29 is 33.4 Å². The highest BCUT2D eigenvalue weighted by atomic mass is 127. The number of Topliss-reactive ketones (excluding diaryl/α,β-unsaturated/α-hetero) is 1. The molecule has 0 bridgehead atoms. The highest BCUT2D eigenvalue weighted by Crippen LogP contribution is 2.39. The summed E-state index contributed by atoms with van der Waals surface area (Å²) >= 11 is 8.89. The van der Waals surface area contributed by atoms with E-state index < -0.39 is 37.0 Å². The maximum absolute atomic E-state index is 12.4. The van der Waals surface area contributed by atoms with Crippen LogP contribution in [0.1, 0.15) is 24.2 Å². The number of ether oxygens (including phenoxy) is 2. The molecule has 1 rings (SSSR count). The summed E-state index contributed by atoms with van der Waals surface area (Å²) < 4.78 is 10.7. The van der Waals surface area contributed by atoms with Gasteiger partial charge in [0.2, 0.25) is 0 Å². The molecule has 2 N–H and O–H groups in total. The van der Waals surface area contributed by atoms with Gasteiger partial charge in [0.15, 0.2) is 19.0 Å². The maximum atomic E-state index is 12.4. The van der Waals surface area contributed by atoms with E-state index in [1.54, 1.807) is 0 Å². The first-order valence-corrected chi connectivity index (χ1v) is 12.0. The predicted molar refractivity (Wildman–Crippen MR) is 133 cm³/mol. The number of hydrogen-bond donors (Lipinski definition) is 2. The lowest BCUT2D eigenvalue weighted by atomic mass is 10.1. The van der Waals surface area contributed by atoms with Crippen LogP contribution < -0.4 is 10.6 Å². The quantitative estimate of drug-likeness (QED) is 0.179. The Labute approximate surface area is 215 Å². The van der Waals surface area contributed by atoms with Crippen molar-refractivity contribution in [3.8, 4) is 0 Å². The minimum Gasteiger partial charge on any atom is -0.456 e. The number of nitrogens with one attached hydrogen (secondary N) is 2. The predicted octanol–water partition coefficient (Wildman–Crippen LogP) is 3.08. The number of ketones is 1. The Balaban J connectivity index is 3.38. The molecule has 0 aliphatic carbocycles. The van der Waals surface area contributed by atoms with Crippen molar-refractivity contribution >= 4 is 125 Å². The molecule has 0 saturated carbocycles. The number of halogens is 4. The summed E-state index contributed by atoms with van der Waals surface area (Å²) in [5, 5.41) is 5.24. The van der Waals surface area contributed by atoms with Gasteiger partial charge in [-0.25, -0.2) is 0 Å². The lowest BCUT2D eigenvalue weighted by molar-refractivity contribution is -0.145. The van der Waals surface area contributed by atoms with Crippen LogP contribution in [0.2, 0.25) is 0 Å². The fraction of sp³-hybridized carbons (Fsp3) is 0.312. The summed E-state index contributed by atoms with van der Waals surface area (Å²) in [6, 6.07) is 0. The molecule has 0 fully saturated rings. The average Bonchev–Trinajstić information content (AvgIpc) is 2.65. The minimum absolute atomic E-state index is 0.0290. The summed E-state index contributed by atoms with van der Waals surface area (Å²) in [6.07, 6.45) is 0. The number of amides is 2. The topological polar surface area (TPSA) is 128 Å². The molecule has 1 aromatic rings. The van der Waals surface area contributed by atoms with Crippen molar-refractivity contribution in [1.82, 2.24) is 0 Å². The number of hydrogen-bond acceptors (Lipinski definition) is 7. The van der Waals surface area contributed by atoms with E-state index in [9.17, 15) is 24.0 Å². The Morgan fingerprint density at radius 1 is 0.793 bits per heavy atom. The summed E-state index contributed by atoms with van der Waals surface area (Å²) in [7, 11) is 0. The molecule has 1 aromatic carbocycles. The Kier molecular flexibility index (Phi) is 11.3. The highest BCUT2D eigenvalue weighted by Gasteiger charge is 2.26. The van der Waals surface area contributed by atoms with Crippen molar-refractivity contribution in [2.75, 3.05) is 29.2 Å². The van der Waals surface area contributed by atoms with Crippen LogP contribution in [0.15, 0.2) is 0 Å². The van der Waals surface area contributed by atoms with E-state index in [4.69, 9.17) is 0 Å².